The lowest BCUT2D eigenvalue weighted by atomic mass is 9.96. The van der Waals surface area contributed by atoms with Gasteiger partial charge in [0.15, 0.2) is 5.78 Å². The van der Waals surface area contributed by atoms with Crippen LogP contribution in [0.5, 0.6) is 0 Å². The lowest BCUT2D eigenvalue weighted by Gasteiger charge is -2.08. The molecule has 0 N–H and O–H groups in total. The van der Waals surface area contributed by atoms with E-state index in [-0.39, 0.29) is 5.78 Å². The zero-order valence-electron chi connectivity index (χ0n) is 11.1. The fraction of sp³-hybridized carbons (Fsp3) is 0.312. The molecule has 0 radical (unpaired) electrons. The van der Waals surface area contributed by atoms with E-state index in [1.54, 1.807) is 12.3 Å². The van der Waals surface area contributed by atoms with Crippen molar-refractivity contribution in [3.8, 4) is 0 Å². The Hall–Kier alpha value is -1.83. The molecule has 0 aliphatic rings. The van der Waals surface area contributed by atoms with Crippen LogP contribution in [-0.4, -0.2) is 5.78 Å². The van der Waals surface area contributed by atoms with Crippen LogP contribution in [0.15, 0.2) is 34.9 Å². The maximum Gasteiger partial charge on any atom is 0.196 e. The van der Waals surface area contributed by atoms with Crippen LogP contribution in [0.3, 0.4) is 0 Å². The Labute approximate surface area is 108 Å². The average molecular weight is 242 g/mol. The number of hydrogen-bond acceptors (Lipinski definition) is 2. The second-order valence-electron chi connectivity index (χ2n) is 4.41. The molecule has 1 aromatic carbocycles. The molecule has 0 fully saturated rings. The van der Waals surface area contributed by atoms with Gasteiger partial charge in [-0.05, 0) is 43.0 Å². The predicted octanol–water partition coefficient (Wildman–Crippen LogP) is 3.94. The van der Waals surface area contributed by atoms with Crippen molar-refractivity contribution in [2.45, 2.75) is 33.6 Å². The van der Waals surface area contributed by atoms with E-state index in [2.05, 4.69) is 19.9 Å². The minimum Gasteiger partial charge on any atom is -0.469 e. The average Bonchev–Trinajstić information content (AvgIpc) is 2.83. The van der Waals surface area contributed by atoms with Gasteiger partial charge in [0.1, 0.15) is 5.76 Å². The molecule has 94 valence electrons. The van der Waals surface area contributed by atoms with Gasteiger partial charge in [-0.1, -0.05) is 26.0 Å². The summed E-state index contributed by atoms with van der Waals surface area (Å²) in [6.07, 6.45) is 3.51. The van der Waals surface area contributed by atoms with Crippen LogP contribution >= 0.6 is 0 Å². The summed E-state index contributed by atoms with van der Waals surface area (Å²) in [6, 6.07) is 7.71. The quantitative estimate of drug-likeness (QED) is 0.760. The van der Waals surface area contributed by atoms with E-state index in [0.29, 0.717) is 11.3 Å². The third-order valence-electron chi connectivity index (χ3n) is 3.33. The molecule has 0 atom stereocenters. The number of aryl methyl sites for hydroxylation is 3. The molecular formula is C16H18O2. The van der Waals surface area contributed by atoms with Gasteiger partial charge < -0.3 is 4.42 Å². The second-order valence-corrected chi connectivity index (χ2v) is 4.41. The van der Waals surface area contributed by atoms with Gasteiger partial charge in [-0.2, -0.15) is 0 Å². The number of rotatable bonds is 4. The first kappa shape index (κ1) is 12.6. The van der Waals surface area contributed by atoms with E-state index >= 15 is 0 Å². The monoisotopic (exact) mass is 242 g/mol. The molecule has 2 nitrogen and oxygen atoms in total. The molecule has 0 saturated heterocycles. The maximum absolute atomic E-state index is 12.3. The lowest BCUT2D eigenvalue weighted by molar-refractivity contribution is 0.103. The zero-order chi connectivity index (χ0) is 13.1. The fourth-order valence-corrected chi connectivity index (χ4v) is 2.22. The molecule has 0 saturated carbocycles. The topological polar surface area (TPSA) is 30.2 Å². The van der Waals surface area contributed by atoms with E-state index in [9.17, 15) is 4.79 Å². The maximum atomic E-state index is 12.3. The van der Waals surface area contributed by atoms with Crippen molar-refractivity contribution in [3.05, 3.63) is 58.5 Å². The van der Waals surface area contributed by atoms with Crippen LogP contribution in [0.25, 0.3) is 0 Å². The van der Waals surface area contributed by atoms with Gasteiger partial charge in [0.05, 0.1) is 11.8 Å². The van der Waals surface area contributed by atoms with E-state index < -0.39 is 0 Å². The van der Waals surface area contributed by atoms with Crippen molar-refractivity contribution in [2.75, 3.05) is 0 Å². The van der Waals surface area contributed by atoms with Crippen molar-refractivity contribution in [2.24, 2.45) is 0 Å². The van der Waals surface area contributed by atoms with E-state index in [1.807, 2.05) is 19.1 Å². The van der Waals surface area contributed by atoms with Crippen molar-refractivity contribution in [3.63, 3.8) is 0 Å². The zero-order valence-corrected chi connectivity index (χ0v) is 11.1. The highest BCUT2D eigenvalue weighted by molar-refractivity contribution is 6.09. The van der Waals surface area contributed by atoms with Crippen LogP contribution < -0.4 is 0 Å². The number of ketones is 1. The first-order chi connectivity index (χ1) is 8.67. The van der Waals surface area contributed by atoms with Gasteiger partial charge in [0.25, 0.3) is 0 Å². The highest BCUT2D eigenvalue weighted by Crippen LogP contribution is 2.19. The SMILES string of the molecule is CCc1ccc(C(=O)c2ccoc2C)cc1CC. The van der Waals surface area contributed by atoms with Crippen molar-refractivity contribution in [1.29, 1.82) is 0 Å². The molecule has 18 heavy (non-hydrogen) atoms. The van der Waals surface area contributed by atoms with Gasteiger partial charge in [0.2, 0.25) is 0 Å². The second kappa shape index (κ2) is 5.21. The molecule has 0 aliphatic carbocycles. The van der Waals surface area contributed by atoms with Crippen LogP contribution in [0, 0.1) is 6.92 Å². The summed E-state index contributed by atoms with van der Waals surface area (Å²) < 4.78 is 5.19. The Bertz CT molecular complexity index is 564. The Morgan fingerprint density at radius 2 is 1.83 bits per heavy atom. The highest BCUT2D eigenvalue weighted by atomic mass is 16.3. The summed E-state index contributed by atoms with van der Waals surface area (Å²) in [7, 11) is 0. The Balaban J connectivity index is 2.40. The van der Waals surface area contributed by atoms with Crippen molar-refractivity contribution in [1.82, 2.24) is 0 Å². The van der Waals surface area contributed by atoms with Crippen LogP contribution in [0.1, 0.15) is 46.7 Å². The molecule has 0 bridgehead atoms. The largest absolute Gasteiger partial charge is 0.469 e. The van der Waals surface area contributed by atoms with Crippen LogP contribution in [0.4, 0.5) is 0 Å². The summed E-state index contributed by atoms with van der Waals surface area (Å²) in [5.41, 5.74) is 3.97. The lowest BCUT2D eigenvalue weighted by Crippen LogP contribution is -2.03. The third-order valence-corrected chi connectivity index (χ3v) is 3.33. The molecule has 0 aliphatic heterocycles. The molecule has 1 heterocycles. The smallest absolute Gasteiger partial charge is 0.196 e. The normalized spacial score (nSPS) is 10.6. The van der Waals surface area contributed by atoms with E-state index in [4.69, 9.17) is 4.42 Å². The minimum atomic E-state index is 0.0404. The molecule has 2 rings (SSSR count). The van der Waals surface area contributed by atoms with Crippen LogP contribution in [0.2, 0.25) is 0 Å². The Morgan fingerprint density at radius 3 is 2.39 bits per heavy atom. The van der Waals surface area contributed by atoms with Gasteiger partial charge in [0, 0.05) is 5.56 Å². The van der Waals surface area contributed by atoms with Gasteiger partial charge in [-0.3, -0.25) is 4.79 Å². The molecule has 2 aromatic rings. The van der Waals surface area contributed by atoms with E-state index in [1.165, 1.54) is 11.1 Å². The Morgan fingerprint density at radius 1 is 1.11 bits per heavy atom. The summed E-state index contributed by atoms with van der Waals surface area (Å²) in [5.74, 6) is 0.719. The van der Waals surface area contributed by atoms with E-state index in [0.717, 1.165) is 18.4 Å². The minimum absolute atomic E-state index is 0.0404. The third kappa shape index (κ3) is 2.23. The molecule has 2 heteroatoms. The van der Waals surface area contributed by atoms with Gasteiger partial charge >= 0.3 is 0 Å². The number of hydrogen-bond donors (Lipinski definition) is 0. The molecular weight excluding hydrogens is 224 g/mol. The number of carbonyl (C=O) groups excluding carboxylic acids is 1. The molecule has 0 unspecified atom stereocenters. The van der Waals surface area contributed by atoms with Crippen molar-refractivity contribution < 1.29 is 9.21 Å². The predicted molar refractivity (Wildman–Crippen MR) is 72.1 cm³/mol. The first-order valence-electron chi connectivity index (χ1n) is 6.38. The number of carbonyl (C=O) groups is 1. The molecule has 0 spiro atoms. The molecule has 0 amide bonds. The van der Waals surface area contributed by atoms with Crippen molar-refractivity contribution >= 4 is 5.78 Å². The van der Waals surface area contributed by atoms with Gasteiger partial charge in [-0.25, -0.2) is 0 Å². The fourth-order valence-electron chi connectivity index (χ4n) is 2.22. The number of furan rings is 1. The standard InChI is InChI=1S/C16H18O2/c1-4-12-6-7-14(10-13(12)5-2)16(17)15-8-9-18-11(15)3/h6-10H,4-5H2,1-3H3. The molecule has 1 aromatic heterocycles. The summed E-state index contributed by atoms with van der Waals surface area (Å²) in [5, 5.41) is 0. The van der Waals surface area contributed by atoms with Crippen LogP contribution in [-0.2, 0) is 12.8 Å². The Kier molecular flexibility index (Phi) is 3.66. The van der Waals surface area contributed by atoms with Gasteiger partial charge in [-0.15, -0.1) is 0 Å². The first-order valence-corrected chi connectivity index (χ1v) is 6.38. The summed E-state index contributed by atoms with van der Waals surface area (Å²) in [4.78, 5) is 12.3. The summed E-state index contributed by atoms with van der Waals surface area (Å²) >= 11 is 0. The highest BCUT2D eigenvalue weighted by Gasteiger charge is 2.14. The summed E-state index contributed by atoms with van der Waals surface area (Å²) in [6.45, 7) is 6.07. The number of benzene rings is 1.